The average molecular weight is 417 g/mol. The third-order valence-corrected chi connectivity index (χ3v) is 4.63. The summed E-state index contributed by atoms with van der Waals surface area (Å²) in [6, 6.07) is 14.1. The number of aryl methyl sites for hydroxylation is 1. The molecular weight excluding hydrogens is 399 g/mol. The van der Waals surface area contributed by atoms with Gasteiger partial charge in [0.25, 0.3) is 0 Å². The van der Waals surface area contributed by atoms with Crippen molar-refractivity contribution in [2.45, 2.75) is 18.9 Å². The second-order valence-electron chi connectivity index (χ2n) is 4.77. The number of hydrogen-bond donors (Lipinski definition) is 2. The summed E-state index contributed by atoms with van der Waals surface area (Å²) in [7, 11) is 1.67. The first-order valence-corrected chi connectivity index (χ1v) is 8.13. The van der Waals surface area contributed by atoms with Crippen LogP contribution in [0.3, 0.4) is 0 Å². The van der Waals surface area contributed by atoms with Gasteiger partial charge in [-0.15, -0.1) is 0 Å². The van der Waals surface area contributed by atoms with Crippen molar-refractivity contribution in [1.82, 2.24) is 5.43 Å². The zero-order valence-corrected chi connectivity index (χ0v) is 14.7. The van der Waals surface area contributed by atoms with E-state index in [0.29, 0.717) is 0 Å². The Labute approximate surface area is 143 Å². The third kappa shape index (κ3) is 4.57. The molecule has 112 valence electrons. The van der Waals surface area contributed by atoms with Gasteiger partial charge >= 0.3 is 0 Å². The summed E-state index contributed by atoms with van der Waals surface area (Å²) >= 11 is 8.39. The van der Waals surface area contributed by atoms with E-state index in [4.69, 9.17) is 22.2 Å². The molecule has 0 spiro atoms. The lowest BCUT2D eigenvalue weighted by atomic mass is 9.99. The molecule has 2 aromatic rings. The molecule has 3 nitrogen and oxygen atoms in total. The Morgan fingerprint density at radius 1 is 1.24 bits per heavy atom. The first kappa shape index (κ1) is 16.5. The van der Waals surface area contributed by atoms with Crippen molar-refractivity contribution in [2.75, 3.05) is 7.11 Å². The van der Waals surface area contributed by atoms with E-state index in [9.17, 15) is 0 Å². The first-order valence-electron chi connectivity index (χ1n) is 6.68. The minimum Gasteiger partial charge on any atom is -0.497 e. The van der Waals surface area contributed by atoms with Gasteiger partial charge in [-0.3, -0.25) is 11.3 Å². The molecule has 0 saturated carbocycles. The Hall–Kier alpha value is -0.820. The van der Waals surface area contributed by atoms with Gasteiger partial charge in [0.2, 0.25) is 0 Å². The van der Waals surface area contributed by atoms with Gasteiger partial charge in [-0.25, -0.2) is 0 Å². The summed E-state index contributed by atoms with van der Waals surface area (Å²) in [5.74, 6) is 6.59. The number of hydrogen-bond acceptors (Lipinski definition) is 3. The van der Waals surface area contributed by atoms with Crippen molar-refractivity contribution in [3.05, 3.63) is 62.2 Å². The van der Waals surface area contributed by atoms with Crippen LogP contribution in [0.2, 0.25) is 5.02 Å². The zero-order valence-electron chi connectivity index (χ0n) is 11.8. The molecule has 3 N–H and O–H groups in total. The molecule has 0 saturated heterocycles. The van der Waals surface area contributed by atoms with Gasteiger partial charge in [-0.2, -0.15) is 0 Å². The normalized spacial score (nSPS) is 12.2. The standard InChI is InChI=1S/C16H18ClIN2O/c1-21-13-6-2-11(3-7-13)4-9-16(20-19)14-10-12(17)5-8-15(14)18/h2-3,5-8,10,16,20H,4,9,19H2,1H3. The highest BCUT2D eigenvalue weighted by molar-refractivity contribution is 14.1. The van der Waals surface area contributed by atoms with E-state index >= 15 is 0 Å². The van der Waals surface area contributed by atoms with Crippen molar-refractivity contribution in [2.24, 2.45) is 5.84 Å². The number of benzene rings is 2. The molecule has 0 aliphatic rings. The van der Waals surface area contributed by atoms with Gasteiger partial charge in [0.05, 0.1) is 7.11 Å². The van der Waals surface area contributed by atoms with Crippen LogP contribution in [0.5, 0.6) is 5.75 Å². The van der Waals surface area contributed by atoms with Crippen molar-refractivity contribution >= 4 is 34.2 Å². The van der Waals surface area contributed by atoms with E-state index in [1.165, 1.54) is 5.56 Å². The Bertz CT molecular complexity index is 589. The summed E-state index contributed by atoms with van der Waals surface area (Å²) in [6.45, 7) is 0. The number of ether oxygens (including phenoxy) is 1. The number of halogens is 2. The highest BCUT2D eigenvalue weighted by Gasteiger charge is 2.13. The van der Waals surface area contributed by atoms with Crippen LogP contribution in [0.4, 0.5) is 0 Å². The Kier molecular flexibility index (Phi) is 6.29. The molecule has 2 aromatic carbocycles. The maximum absolute atomic E-state index is 6.08. The van der Waals surface area contributed by atoms with Gasteiger partial charge in [0.15, 0.2) is 0 Å². The lowest BCUT2D eigenvalue weighted by Crippen LogP contribution is -2.29. The second kappa shape index (κ2) is 7.98. The van der Waals surface area contributed by atoms with Crippen molar-refractivity contribution in [1.29, 1.82) is 0 Å². The van der Waals surface area contributed by atoms with E-state index < -0.39 is 0 Å². The number of hydrazine groups is 1. The highest BCUT2D eigenvalue weighted by Crippen LogP contribution is 2.26. The van der Waals surface area contributed by atoms with E-state index in [-0.39, 0.29) is 6.04 Å². The molecular formula is C16H18ClIN2O. The van der Waals surface area contributed by atoms with Gasteiger partial charge in [0, 0.05) is 14.6 Å². The van der Waals surface area contributed by atoms with E-state index in [2.05, 4.69) is 40.1 Å². The van der Waals surface area contributed by atoms with Crippen LogP contribution in [0, 0.1) is 3.57 Å². The number of methoxy groups -OCH3 is 1. The quantitative estimate of drug-likeness (QED) is 0.424. The third-order valence-electron chi connectivity index (χ3n) is 3.42. The van der Waals surface area contributed by atoms with Crippen molar-refractivity contribution in [3.63, 3.8) is 0 Å². The second-order valence-corrected chi connectivity index (χ2v) is 6.37. The highest BCUT2D eigenvalue weighted by atomic mass is 127. The van der Waals surface area contributed by atoms with Crippen LogP contribution < -0.4 is 16.0 Å². The molecule has 0 amide bonds. The van der Waals surface area contributed by atoms with Crippen LogP contribution in [0.1, 0.15) is 23.6 Å². The van der Waals surface area contributed by atoms with Crippen LogP contribution >= 0.6 is 34.2 Å². The van der Waals surface area contributed by atoms with Crippen LogP contribution in [0.15, 0.2) is 42.5 Å². The number of rotatable bonds is 6. The molecule has 5 heteroatoms. The topological polar surface area (TPSA) is 47.3 Å². The Morgan fingerprint density at radius 2 is 1.95 bits per heavy atom. The molecule has 21 heavy (non-hydrogen) atoms. The van der Waals surface area contributed by atoms with Crippen molar-refractivity contribution < 1.29 is 4.74 Å². The monoisotopic (exact) mass is 416 g/mol. The summed E-state index contributed by atoms with van der Waals surface area (Å²) in [5.41, 5.74) is 5.29. The Morgan fingerprint density at radius 3 is 2.57 bits per heavy atom. The number of nitrogens with two attached hydrogens (primary N) is 1. The fourth-order valence-corrected chi connectivity index (χ4v) is 3.11. The van der Waals surface area contributed by atoms with Crippen LogP contribution in [-0.4, -0.2) is 7.11 Å². The van der Waals surface area contributed by atoms with E-state index in [1.54, 1.807) is 7.11 Å². The predicted molar refractivity (Wildman–Crippen MR) is 95.5 cm³/mol. The molecule has 0 aromatic heterocycles. The van der Waals surface area contributed by atoms with E-state index in [0.717, 1.165) is 32.7 Å². The number of nitrogens with one attached hydrogen (secondary N) is 1. The predicted octanol–water partition coefficient (Wildman–Crippen LogP) is 4.09. The molecule has 0 bridgehead atoms. The zero-order chi connectivity index (χ0) is 15.2. The van der Waals surface area contributed by atoms with Crippen LogP contribution in [-0.2, 0) is 6.42 Å². The lowest BCUT2D eigenvalue weighted by Gasteiger charge is -2.18. The molecule has 0 aliphatic carbocycles. The minimum atomic E-state index is 0.0812. The van der Waals surface area contributed by atoms with Gasteiger partial charge in [-0.1, -0.05) is 23.7 Å². The molecule has 2 rings (SSSR count). The maximum Gasteiger partial charge on any atom is 0.118 e. The summed E-state index contributed by atoms with van der Waals surface area (Å²) in [5, 5.41) is 0.732. The Balaban J connectivity index is 2.06. The molecule has 1 unspecified atom stereocenters. The van der Waals surface area contributed by atoms with Crippen molar-refractivity contribution in [3.8, 4) is 5.75 Å². The smallest absolute Gasteiger partial charge is 0.118 e. The van der Waals surface area contributed by atoms with Crippen LogP contribution in [0.25, 0.3) is 0 Å². The summed E-state index contributed by atoms with van der Waals surface area (Å²) in [4.78, 5) is 0. The summed E-state index contributed by atoms with van der Waals surface area (Å²) in [6.07, 6.45) is 1.83. The molecule has 0 heterocycles. The first-order chi connectivity index (χ1) is 10.1. The largest absolute Gasteiger partial charge is 0.497 e. The fourth-order valence-electron chi connectivity index (χ4n) is 2.21. The molecule has 0 fully saturated rings. The molecule has 1 atom stereocenters. The van der Waals surface area contributed by atoms with Gasteiger partial charge < -0.3 is 4.74 Å². The summed E-state index contributed by atoms with van der Waals surface area (Å²) < 4.78 is 6.33. The fraction of sp³-hybridized carbons (Fsp3) is 0.250. The molecule has 0 aliphatic heterocycles. The molecule has 0 radical (unpaired) electrons. The minimum absolute atomic E-state index is 0.0812. The maximum atomic E-state index is 6.08. The van der Waals surface area contributed by atoms with Gasteiger partial charge in [0.1, 0.15) is 5.75 Å². The SMILES string of the molecule is COc1ccc(CCC(NN)c2cc(Cl)ccc2I)cc1. The van der Waals surface area contributed by atoms with Gasteiger partial charge in [-0.05, 0) is 76.9 Å². The lowest BCUT2D eigenvalue weighted by molar-refractivity contribution is 0.414. The average Bonchev–Trinajstić information content (AvgIpc) is 2.51. The van der Waals surface area contributed by atoms with E-state index in [1.807, 2.05) is 30.3 Å².